The van der Waals surface area contributed by atoms with Crippen LogP contribution in [0.5, 0.6) is 0 Å². The van der Waals surface area contributed by atoms with E-state index in [2.05, 4.69) is 27.3 Å². The molecule has 5 nitrogen and oxygen atoms in total. The maximum Gasteiger partial charge on any atom is 0.339 e. The average molecular weight is 351 g/mol. The first-order valence-corrected chi connectivity index (χ1v) is 7.49. The standard InChI is InChI=1S/C15H15BrN2O3/c16-12-6-2-1-5-11(12)14(20)21-9-13(19)18-15(10-17)7-3-4-8-15/h1-2,5-6H,3-4,7-9H2,(H,18,19). The first-order valence-electron chi connectivity index (χ1n) is 6.70. The lowest BCUT2D eigenvalue weighted by Crippen LogP contribution is -2.46. The molecule has 1 fully saturated rings. The lowest BCUT2D eigenvalue weighted by Gasteiger charge is -2.21. The first-order chi connectivity index (χ1) is 10.1. The van der Waals surface area contributed by atoms with Crippen LogP contribution < -0.4 is 5.32 Å². The van der Waals surface area contributed by atoms with Gasteiger partial charge in [0.25, 0.3) is 5.91 Å². The van der Waals surface area contributed by atoms with Crippen molar-refractivity contribution in [1.82, 2.24) is 5.32 Å². The van der Waals surface area contributed by atoms with Crippen molar-refractivity contribution in [2.75, 3.05) is 6.61 Å². The number of ether oxygens (including phenoxy) is 1. The lowest BCUT2D eigenvalue weighted by molar-refractivity contribution is -0.125. The van der Waals surface area contributed by atoms with E-state index < -0.39 is 17.4 Å². The van der Waals surface area contributed by atoms with E-state index in [1.807, 2.05) is 0 Å². The Balaban J connectivity index is 1.88. The number of amides is 1. The van der Waals surface area contributed by atoms with Crippen LogP contribution in [0.4, 0.5) is 0 Å². The molecular formula is C15H15BrN2O3. The van der Waals surface area contributed by atoms with E-state index in [9.17, 15) is 14.9 Å². The highest BCUT2D eigenvalue weighted by atomic mass is 79.9. The van der Waals surface area contributed by atoms with Crippen molar-refractivity contribution in [3.05, 3.63) is 34.3 Å². The zero-order chi connectivity index (χ0) is 15.3. The summed E-state index contributed by atoms with van der Waals surface area (Å²) in [5.74, 6) is -1.02. The van der Waals surface area contributed by atoms with E-state index in [1.54, 1.807) is 24.3 Å². The Labute approximate surface area is 131 Å². The Morgan fingerprint density at radius 1 is 1.33 bits per heavy atom. The van der Waals surface area contributed by atoms with Crippen molar-refractivity contribution in [3.63, 3.8) is 0 Å². The molecule has 1 aromatic rings. The molecule has 0 saturated heterocycles. The van der Waals surface area contributed by atoms with Crippen molar-refractivity contribution in [3.8, 4) is 6.07 Å². The molecular weight excluding hydrogens is 336 g/mol. The predicted octanol–water partition coefficient (Wildman–Crippen LogP) is 2.56. The minimum absolute atomic E-state index is 0.362. The number of esters is 1. The summed E-state index contributed by atoms with van der Waals surface area (Å²) in [6.45, 7) is -0.385. The number of carbonyl (C=O) groups excluding carboxylic acids is 2. The number of nitrogens with one attached hydrogen (secondary N) is 1. The van der Waals surface area contributed by atoms with Gasteiger partial charge in [0, 0.05) is 4.47 Å². The summed E-state index contributed by atoms with van der Waals surface area (Å²) in [6, 6.07) is 8.98. The smallest absolute Gasteiger partial charge is 0.339 e. The minimum Gasteiger partial charge on any atom is -0.452 e. The van der Waals surface area contributed by atoms with Crippen molar-refractivity contribution >= 4 is 27.8 Å². The number of hydrogen-bond acceptors (Lipinski definition) is 4. The molecule has 1 aromatic carbocycles. The average Bonchev–Trinajstić information content (AvgIpc) is 2.94. The van der Waals surface area contributed by atoms with Gasteiger partial charge in [-0.3, -0.25) is 4.79 Å². The van der Waals surface area contributed by atoms with Crippen LogP contribution in [0.15, 0.2) is 28.7 Å². The second-order valence-corrected chi connectivity index (χ2v) is 5.86. The lowest BCUT2D eigenvalue weighted by atomic mass is 10.00. The number of halogens is 1. The maximum absolute atomic E-state index is 11.9. The highest BCUT2D eigenvalue weighted by Gasteiger charge is 2.35. The Bertz CT molecular complexity index is 589. The fraction of sp³-hybridized carbons (Fsp3) is 0.400. The van der Waals surface area contributed by atoms with Crippen LogP contribution in [0.25, 0.3) is 0 Å². The van der Waals surface area contributed by atoms with E-state index in [0.717, 1.165) is 12.8 Å². The first kappa shape index (κ1) is 15.5. The summed E-state index contributed by atoms with van der Waals surface area (Å²) in [6.07, 6.45) is 3.13. The summed E-state index contributed by atoms with van der Waals surface area (Å²) in [7, 11) is 0. The Morgan fingerprint density at radius 3 is 2.62 bits per heavy atom. The summed E-state index contributed by atoms with van der Waals surface area (Å²) in [5, 5.41) is 11.9. The van der Waals surface area contributed by atoms with Gasteiger partial charge in [0.1, 0.15) is 5.54 Å². The SMILES string of the molecule is N#CC1(NC(=O)COC(=O)c2ccccc2Br)CCCC1. The number of benzene rings is 1. The van der Waals surface area contributed by atoms with Crippen molar-refractivity contribution in [2.24, 2.45) is 0 Å². The molecule has 0 radical (unpaired) electrons. The van der Waals surface area contributed by atoms with Crippen LogP contribution in [0.1, 0.15) is 36.0 Å². The molecule has 0 spiro atoms. The highest BCUT2D eigenvalue weighted by Crippen LogP contribution is 2.28. The van der Waals surface area contributed by atoms with Gasteiger partial charge >= 0.3 is 5.97 Å². The molecule has 0 bridgehead atoms. The molecule has 21 heavy (non-hydrogen) atoms. The van der Waals surface area contributed by atoms with Crippen LogP contribution in [-0.2, 0) is 9.53 Å². The number of nitriles is 1. The summed E-state index contributed by atoms with van der Waals surface area (Å²) >= 11 is 3.25. The second kappa shape index (κ2) is 6.72. The quantitative estimate of drug-likeness (QED) is 0.846. The minimum atomic E-state index is -0.795. The topological polar surface area (TPSA) is 79.2 Å². The van der Waals surface area contributed by atoms with Crippen LogP contribution >= 0.6 is 15.9 Å². The van der Waals surface area contributed by atoms with Gasteiger partial charge in [0.05, 0.1) is 11.6 Å². The summed E-state index contributed by atoms with van der Waals surface area (Å²) in [4.78, 5) is 23.7. The Kier molecular flexibility index (Phi) is 4.97. The third-order valence-corrected chi connectivity index (χ3v) is 4.17. The molecule has 0 atom stereocenters. The number of carbonyl (C=O) groups is 2. The van der Waals surface area contributed by atoms with Gasteiger partial charge in [-0.1, -0.05) is 12.1 Å². The largest absolute Gasteiger partial charge is 0.452 e. The zero-order valence-electron chi connectivity index (χ0n) is 11.4. The van der Waals surface area contributed by atoms with Gasteiger partial charge in [-0.05, 0) is 53.7 Å². The van der Waals surface area contributed by atoms with Gasteiger partial charge in [0.2, 0.25) is 0 Å². The van der Waals surface area contributed by atoms with Crippen LogP contribution in [0.3, 0.4) is 0 Å². The van der Waals surface area contributed by atoms with Crippen molar-refractivity contribution in [1.29, 1.82) is 5.26 Å². The van der Waals surface area contributed by atoms with E-state index >= 15 is 0 Å². The molecule has 1 aliphatic carbocycles. The normalized spacial score (nSPS) is 16.0. The molecule has 0 aliphatic heterocycles. The molecule has 2 rings (SSSR count). The van der Waals surface area contributed by atoms with Crippen molar-refractivity contribution in [2.45, 2.75) is 31.2 Å². The third kappa shape index (κ3) is 3.82. The van der Waals surface area contributed by atoms with Gasteiger partial charge in [-0.2, -0.15) is 5.26 Å². The molecule has 1 aliphatic rings. The molecule has 1 saturated carbocycles. The molecule has 0 unspecified atom stereocenters. The van der Waals surface area contributed by atoms with E-state index in [4.69, 9.17) is 4.74 Å². The van der Waals surface area contributed by atoms with Gasteiger partial charge in [0.15, 0.2) is 6.61 Å². The molecule has 110 valence electrons. The molecule has 1 amide bonds. The summed E-state index contributed by atoms with van der Waals surface area (Å²) < 4.78 is 5.59. The van der Waals surface area contributed by atoms with E-state index in [1.165, 1.54) is 0 Å². The number of rotatable bonds is 4. The zero-order valence-corrected chi connectivity index (χ0v) is 13.0. The second-order valence-electron chi connectivity index (χ2n) is 5.01. The van der Waals surface area contributed by atoms with Gasteiger partial charge < -0.3 is 10.1 Å². The third-order valence-electron chi connectivity index (χ3n) is 3.48. The van der Waals surface area contributed by atoms with E-state index in [-0.39, 0.29) is 6.61 Å². The summed E-state index contributed by atoms with van der Waals surface area (Å²) in [5.41, 5.74) is -0.433. The fourth-order valence-electron chi connectivity index (χ4n) is 2.38. The molecule has 1 N–H and O–H groups in total. The number of nitrogens with zero attached hydrogens (tertiary/aromatic N) is 1. The fourth-order valence-corrected chi connectivity index (χ4v) is 2.83. The molecule has 0 heterocycles. The van der Waals surface area contributed by atoms with Crippen molar-refractivity contribution < 1.29 is 14.3 Å². The van der Waals surface area contributed by atoms with Crippen LogP contribution in [-0.4, -0.2) is 24.0 Å². The van der Waals surface area contributed by atoms with Crippen LogP contribution in [0, 0.1) is 11.3 Å². The molecule has 0 aromatic heterocycles. The van der Waals surface area contributed by atoms with Crippen LogP contribution in [0.2, 0.25) is 0 Å². The predicted molar refractivity (Wildman–Crippen MR) is 79.4 cm³/mol. The highest BCUT2D eigenvalue weighted by molar-refractivity contribution is 9.10. The maximum atomic E-state index is 11.9. The van der Waals surface area contributed by atoms with E-state index in [0.29, 0.717) is 22.9 Å². The number of hydrogen-bond donors (Lipinski definition) is 1. The molecule has 6 heteroatoms. The Morgan fingerprint density at radius 2 is 2.00 bits per heavy atom. The monoisotopic (exact) mass is 350 g/mol. The Hall–Kier alpha value is -1.87. The van der Waals surface area contributed by atoms with Gasteiger partial charge in [-0.25, -0.2) is 4.79 Å². The van der Waals surface area contributed by atoms with Gasteiger partial charge in [-0.15, -0.1) is 0 Å².